The van der Waals surface area contributed by atoms with Crippen LogP contribution >= 0.6 is 11.3 Å². The van der Waals surface area contributed by atoms with Gasteiger partial charge in [0.2, 0.25) is 0 Å². The SMILES string of the molecule is O=c1oc2c(F)cc(O)cc2s1. The van der Waals surface area contributed by atoms with Crippen molar-refractivity contribution in [3.8, 4) is 5.75 Å². The van der Waals surface area contributed by atoms with Crippen LogP contribution in [0, 0.1) is 5.82 Å². The van der Waals surface area contributed by atoms with Crippen LogP contribution < -0.4 is 4.94 Å². The molecule has 0 bridgehead atoms. The van der Waals surface area contributed by atoms with Gasteiger partial charge in [-0.15, -0.1) is 0 Å². The van der Waals surface area contributed by atoms with Crippen molar-refractivity contribution >= 4 is 21.6 Å². The molecule has 0 aliphatic rings. The number of aromatic hydroxyl groups is 1. The molecule has 0 spiro atoms. The molecule has 62 valence electrons. The quantitative estimate of drug-likeness (QED) is 0.681. The van der Waals surface area contributed by atoms with Gasteiger partial charge in [0.05, 0.1) is 4.70 Å². The summed E-state index contributed by atoms with van der Waals surface area (Å²) < 4.78 is 17.7. The first-order chi connectivity index (χ1) is 5.66. The fourth-order valence-corrected chi connectivity index (χ4v) is 1.64. The van der Waals surface area contributed by atoms with Gasteiger partial charge in [0.15, 0.2) is 11.4 Å². The fraction of sp³-hybridized carbons (Fsp3) is 0. The Hall–Kier alpha value is -1.36. The van der Waals surface area contributed by atoms with Crippen LogP contribution in [0.3, 0.4) is 0 Å². The lowest BCUT2D eigenvalue weighted by atomic mass is 10.3. The van der Waals surface area contributed by atoms with Crippen LogP contribution in [-0.4, -0.2) is 5.11 Å². The van der Waals surface area contributed by atoms with E-state index in [9.17, 15) is 9.18 Å². The lowest BCUT2D eigenvalue weighted by molar-refractivity contribution is 0.467. The highest BCUT2D eigenvalue weighted by molar-refractivity contribution is 7.16. The predicted octanol–water partition coefficient (Wildman–Crippen LogP) is 1.70. The van der Waals surface area contributed by atoms with Gasteiger partial charge in [-0.1, -0.05) is 11.3 Å². The molecule has 3 nitrogen and oxygen atoms in total. The molecule has 0 radical (unpaired) electrons. The number of hydrogen-bond acceptors (Lipinski definition) is 4. The summed E-state index contributed by atoms with van der Waals surface area (Å²) in [6, 6.07) is 2.19. The van der Waals surface area contributed by atoms with Crippen molar-refractivity contribution in [1.82, 2.24) is 0 Å². The van der Waals surface area contributed by atoms with Gasteiger partial charge in [-0.05, 0) is 0 Å². The number of hydrogen-bond donors (Lipinski definition) is 1. The van der Waals surface area contributed by atoms with Crippen LogP contribution in [-0.2, 0) is 0 Å². The second-order valence-corrected chi connectivity index (χ2v) is 3.19. The average Bonchev–Trinajstić information content (AvgIpc) is 2.29. The van der Waals surface area contributed by atoms with Gasteiger partial charge in [-0.25, -0.2) is 9.18 Å². The van der Waals surface area contributed by atoms with E-state index in [2.05, 4.69) is 4.42 Å². The maximum atomic E-state index is 12.9. The molecule has 0 fully saturated rings. The molecule has 0 amide bonds. The molecule has 0 aliphatic carbocycles. The molecule has 0 atom stereocenters. The smallest absolute Gasteiger partial charge is 0.396 e. The number of phenols is 1. The zero-order valence-electron chi connectivity index (χ0n) is 5.70. The molecule has 0 saturated carbocycles. The molecule has 0 unspecified atom stereocenters. The summed E-state index contributed by atoms with van der Waals surface area (Å²) in [6.45, 7) is 0. The number of halogens is 1. The van der Waals surface area contributed by atoms with Gasteiger partial charge in [-0.2, -0.15) is 0 Å². The lowest BCUT2D eigenvalue weighted by Gasteiger charge is -1.90. The molecular formula is C7H3FO3S. The summed E-state index contributed by atoms with van der Waals surface area (Å²) in [6.07, 6.45) is 0. The van der Waals surface area contributed by atoms with E-state index in [1.165, 1.54) is 6.07 Å². The molecule has 12 heavy (non-hydrogen) atoms. The summed E-state index contributed by atoms with van der Waals surface area (Å²) in [5, 5.41) is 8.94. The van der Waals surface area contributed by atoms with Crippen molar-refractivity contribution in [3.05, 3.63) is 27.7 Å². The van der Waals surface area contributed by atoms with Crippen LogP contribution in [0.1, 0.15) is 0 Å². The summed E-state index contributed by atoms with van der Waals surface area (Å²) in [5.74, 6) is -0.930. The third-order valence-electron chi connectivity index (χ3n) is 1.37. The van der Waals surface area contributed by atoms with Crippen molar-refractivity contribution < 1.29 is 13.9 Å². The largest absolute Gasteiger partial charge is 0.508 e. The number of benzene rings is 1. The summed E-state index contributed by atoms with van der Waals surface area (Å²) in [4.78, 5) is 10.1. The summed E-state index contributed by atoms with van der Waals surface area (Å²) in [5.41, 5.74) is -0.0946. The standard InChI is InChI=1S/C7H3FO3S/c8-4-1-3(9)2-5-6(4)11-7(10)12-5/h1-2,9H. The maximum absolute atomic E-state index is 12.9. The molecular weight excluding hydrogens is 183 g/mol. The van der Waals surface area contributed by atoms with Crippen LogP contribution in [0.25, 0.3) is 10.3 Å². The minimum Gasteiger partial charge on any atom is -0.508 e. The first kappa shape index (κ1) is 7.30. The van der Waals surface area contributed by atoms with Gasteiger partial charge in [0, 0.05) is 12.1 Å². The van der Waals surface area contributed by atoms with Gasteiger partial charge in [-0.3, -0.25) is 0 Å². The van der Waals surface area contributed by atoms with E-state index in [1.54, 1.807) is 0 Å². The van der Waals surface area contributed by atoms with E-state index in [0.29, 0.717) is 4.70 Å². The van der Waals surface area contributed by atoms with Crippen LogP contribution in [0.4, 0.5) is 4.39 Å². The van der Waals surface area contributed by atoms with Crippen LogP contribution in [0.2, 0.25) is 0 Å². The minimum absolute atomic E-state index is 0.0946. The third kappa shape index (κ3) is 0.984. The molecule has 1 aromatic carbocycles. The van der Waals surface area contributed by atoms with Crippen molar-refractivity contribution in [1.29, 1.82) is 0 Å². The van der Waals surface area contributed by atoms with Crippen molar-refractivity contribution in [2.75, 3.05) is 0 Å². The van der Waals surface area contributed by atoms with Crippen molar-refractivity contribution in [2.24, 2.45) is 0 Å². The second kappa shape index (κ2) is 2.31. The molecule has 1 heterocycles. The Bertz CT molecular complexity index is 485. The maximum Gasteiger partial charge on any atom is 0.396 e. The summed E-state index contributed by atoms with van der Waals surface area (Å²) in [7, 11) is 0. The Balaban J connectivity index is 2.97. The zero-order valence-corrected chi connectivity index (χ0v) is 6.52. The molecule has 5 heteroatoms. The molecule has 2 rings (SSSR count). The van der Waals surface area contributed by atoms with Crippen LogP contribution in [0.5, 0.6) is 5.75 Å². The van der Waals surface area contributed by atoms with E-state index in [0.717, 1.165) is 17.4 Å². The summed E-state index contributed by atoms with van der Waals surface area (Å²) >= 11 is 0.758. The van der Waals surface area contributed by atoms with E-state index in [1.807, 2.05) is 0 Å². The molecule has 1 N–H and O–H groups in total. The fourth-order valence-electron chi connectivity index (χ4n) is 0.923. The molecule has 0 aliphatic heterocycles. The van der Waals surface area contributed by atoms with E-state index < -0.39 is 10.8 Å². The zero-order chi connectivity index (χ0) is 8.72. The van der Waals surface area contributed by atoms with E-state index >= 15 is 0 Å². The highest BCUT2D eigenvalue weighted by atomic mass is 32.1. The first-order valence-electron chi connectivity index (χ1n) is 3.09. The van der Waals surface area contributed by atoms with Gasteiger partial charge in [0.1, 0.15) is 5.75 Å². The minimum atomic E-state index is -0.719. The Kier molecular flexibility index (Phi) is 1.41. The van der Waals surface area contributed by atoms with Crippen molar-refractivity contribution in [2.45, 2.75) is 0 Å². The first-order valence-corrected chi connectivity index (χ1v) is 3.90. The predicted molar refractivity (Wildman–Crippen MR) is 42.0 cm³/mol. The molecule has 0 saturated heterocycles. The van der Waals surface area contributed by atoms with Gasteiger partial charge >= 0.3 is 4.94 Å². The Morgan fingerprint density at radius 3 is 3.00 bits per heavy atom. The highest BCUT2D eigenvalue weighted by Gasteiger charge is 2.08. The normalized spacial score (nSPS) is 10.8. The topological polar surface area (TPSA) is 50.4 Å². The Labute approximate surface area is 69.7 Å². The van der Waals surface area contributed by atoms with E-state index in [-0.39, 0.29) is 11.3 Å². The Morgan fingerprint density at radius 2 is 2.25 bits per heavy atom. The van der Waals surface area contributed by atoms with Crippen molar-refractivity contribution in [3.63, 3.8) is 0 Å². The van der Waals surface area contributed by atoms with Gasteiger partial charge < -0.3 is 9.52 Å². The molecule has 1 aromatic heterocycles. The number of phenolic OH excluding ortho intramolecular Hbond substituents is 1. The van der Waals surface area contributed by atoms with Gasteiger partial charge in [0.25, 0.3) is 0 Å². The monoisotopic (exact) mass is 186 g/mol. The van der Waals surface area contributed by atoms with Crippen LogP contribution in [0.15, 0.2) is 21.3 Å². The Morgan fingerprint density at radius 1 is 1.50 bits per heavy atom. The number of rotatable bonds is 0. The molecule has 2 aromatic rings. The average molecular weight is 186 g/mol. The lowest BCUT2D eigenvalue weighted by Crippen LogP contribution is -1.80. The third-order valence-corrected chi connectivity index (χ3v) is 2.15. The van der Waals surface area contributed by atoms with E-state index in [4.69, 9.17) is 5.11 Å². The second-order valence-electron chi connectivity index (χ2n) is 2.21. The number of fused-ring (bicyclic) bond motifs is 1. The highest BCUT2D eigenvalue weighted by Crippen LogP contribution is 2.24.